The lowest BCUT2D eigenvalue weighted by Gasteiger charge is -2.13. The zero-order chi connectivity index (χ0) is 32.6. The molecule has 0 bridgehead atoms. The molecular weight excluding hydrogens is 676 g/mol. The van der Waals surface area contributed by atoms with Gasteiger partial charge in [-0.15, -0.1) is 0 Å². The molecule has 0 unspecified atom stereocenters. The van der Waals surface area contributed by atoms with Gasteiger partial charge < -0.3 is 28.5 Å². The van der Waals surface area contributed by atoms with Gasteiger partial charge in [0, 0.05) is 37.8 Å². The highest BCUT2D eigenvalue weighted by molar-refractivity contribution is 9.10. The first kappa shape index (κ1) is 32.4. The fraction of sp³-hybridized carbons (Fsp3) is 0.147. The predicted octanol–water partition coefficient (Wildman–Crippen LogP) is 7.47. The molecule has 46 heavy (non-hydrogen) atoms. The number of hydrazone groups is 1. The van der Waals surface area contributed by atoms with Crippen LogP contribution in [-0.2, 0) is 11.4 Å². The van der Waals surface area contributed by atoms with Crippen LogP contribution in [-0.4, -0.2) is 36.3 Å². The molecule has 12 heteroatoms. The second-order valence-electron chi connectivity index (χ2n) is 10.1. The molecule has 0 fully saturated rings. The smallest absolute Gasteiger partial charge is 0.307 e. The minimum Gasteiger partial charge on any atom is -0.493 e. The largest absolute Gasteiger partial charge is 0.493 e. The Morgan fingerprint density at radius 1 is 0.935 bits per heavy atom. The number of aryl methyl sites for hydroxylation is 2. The van der Waals surface area contributed by atoms with Crippen LogP contribution < -0.4 is 25.0 Å². The number of carbonyl (C=O) groups excluding carboxylic acids is 2. The van der Waals surface area contributed by atoms with Crippen LogP contribution in [0.5, 0.6) is 17.2 Å². The maximum absolute atomic E-state index is 12.6. The normalized spacial score (nSPS) is 11.0. The quantitative estimate of drug-likeness (QED) is 0.103. The molecule has 2 amide bonds. The van der Waals surface area contributed by atoms with Crippen LogP contribution in [0.2, 0.25) is 5.02 Å². The van der Waals surface area contributed by atoms with E-state index in [2.05, 4.69) is 62.3 Å². The van der Waals surface area contributed by atoms with E-state index in [0.717, 1.165) is 17.1 Å². The van der Waals surface area contributed by atoms with E-state index >= 15 is 0 Å². The van der Waals surface area contributed by atoms with Crippen molar-refractivity contribution in [1.82, 2.24) is 9.99 Å². The van der Waals surface area contributed by atoms with Gasteiger partial charge in [-0.25, -0.2) is 5.43 Å². The number of furan rings is 1. The van der Waals surface area contributed by atoms with Crippen molar-refractivity contribution in [3.05, 3.63) is 123 Å². The standard InChI is InChI=1S/C34H30BrClN4O6/c1-21-4-5-22(2)40(21)26-10-12-27(13-11-26)44-19-28-14-15-30(46-28)34(42)39-37-18-23-16-31(43-3)32(17-29(23)35)45-20-33(41)38-25-8-6-24(36)7-9-25/h4-18H,19-20H2,1-3H3,(H,38,41)(H,39,42)/b37-18+. The summed E-state index contributed by atoms with van der Waals surface area (Å²) in [5.41, 5.74) is 7.00. The summed E-state index contributed by atoms with van der Waals surface area (Å²) in [4.78, 5) is 24.9. The third kappa shape index (κ3) is 8.17. The average molecular weight is 706 g/mol. The Bertz CT molecular complexity index is 1850. The molecule has 0 saturated carbocycles. The minimum atomic E-state index is -0.529. The molecule has 0 aliphatic rings. The number of rotatable bonds is 12. The molecule has 0 aliphatic heterocycles. The Morgan fingerprint density at radius 2 is 1.65 bits per heavy atom. The Balaban J connectivity index is 1.12. The van der Waals surface area contributed by atoms with E-state index in [1.807, 2.05) is 24.3 Å². The van der Waals surface area contributed by atoms with Gasteiger partial charge in [-0.2, -0.15) is 5.10 Å². The molecule has 0 atom stereocenters. The summed E-state index contributed by atoms with van der Waals surface area (Å²) in [6.45, 7) is 4.03. The molecule has 2 aromatic heterocycles. The first-order chi connectivity index (χ1) is 22.2. The average Bonchev–Trinajstić information content (AvgIpc) is 3.67. The summed E-state index contributed by atoms with van der Waals surface area (Å²) in [7, 11) is 1.48. The second-order valence-corrected chi connectivity index (χ2v) is 11.4. The minimum absolute atomic E-state index is 0.0851. The van der Waals surface area contributed by atoms with Crippen LogP contribution in [0, 0.1) is 13.8 Å². The van der Waals surface area contributed by atoms with E-state index in [1.54, 1.807) is 48.5 Å². The summed E-state index contributed by atoms with van der Waals surface area (Å²) >= 11 is 9.34. The van der Waals surface area contributed by atoms with Gasteiger partial charge >= 0.3 is 5.91 Å². The Kier molecular flexibility index (Phi) is 10.5. The fourth-order valence-electron chi connectivity index (χ4n) is 4.51. The van der Waals surface area contributed by atoms with Gasteiger partial charge in [-0.3, -0.25) is 9.59 Å². The van der Waals surface area contributed by atoms with E-state index in [-0.39, 0.29) is 24.9 Å². The van der Waals surface area contributed by atoms with Crippen LogP contribution in [0.25, 0.3) is 5.69 Å². The van der Waals surface area contributed by atoms with Gasteiger partial charge in [0.1, 0.15) is 18.1 Å². The van der Waals surface area contributed by atoms with Crippen molar-refractivity contribution in [3.63, 3.8) is 0 Å². The molecule has 236 valence electrons. The molecule has 2 heterocycles. The van der Waals surface area contributed by atoms with Crippen molar-refractivity contribution in [1.29, 1.82) is 0 Å². The number of nitrogens with one attached hydrogen (secondary N) is 2. The number of halogens is 2. The van der Waals surface area contributed by atoms with Crippen LogP contribution in [0.15, 0.2) is 98.9 Å². The molecule has 5 aromatic rings. The lowest BCUT2D eigenvalue weighted by Crippen LogP contribution is -2.20. The number of hydrogen-bond donors (Lipinski definition) is 2. The van der Waals surface area contributed by atoms with E-state index in [4.69, 9.17) is 30.2 Å². The zero-order valence-corrected chi connectivity index (χ0v) is 27.5. The summed E-state index contributed by atoms with van der Waals surface area (Å²) in [5.74, 6) is 1.08. The monoisotopic (exact) mass is 704 g/mol. The molecular formula is C34H30BrClN4O6. The topological polar surface area (TPSA) is 116 Å². The number of anilines is 1. The van der Waals surface area contributed by atoms with Gasteiger partial charge in [0.2, 0.25) is 0 Å². The Morgan fingerprint density at radius 3 is 2.35 bits per heavy atom. The molecule has 2 N–H and O–H groups in total. The number of benzene rings is 3. The Labute approximate surface area is 279 Å². The van der Waals surface area contributed by atoms with Gasteiger partial charge in [0.15, 0.2) is 23.9 Å². The highest BCUT2D eigenvalue weighted by Gasteiger charge is 2.14. The second kappa shape index (κ2) is 14.9. The SMILES string of the molecule is COc1cc(/C=N/NC(=O)c2ccc(COc3ccc(-n4c(C)ccc4C)cc3)o2)c(Br)cc1OCC(=O)Nc1ccc(Cl)cc1. The fourth-order valence-corrected chi connectivity index (χ4v) is 5.06. The molecule has 0 spiro atoms. The van der Waals surface area contributed by atoms with Crippen molar-refractivity contribution in [2.24, 2.45) is 5.10 Å². The van der Waals surface area contributed by atoms with Crippen LogP contribution in [0.4, 0.5) is 5.69 Å². The van der Waals surface area contributed by atoms with Crippen molar-refractivity contribution in [2.75, 3.05) is 19.0 Å². The van der Waals surface area contributed by atoms with Crippen LogP contribution in [0.1, 0.15) is 33.3 Å². The Hall–Kier alpha value is -5.00. The zero-order valence-electron chi connectivity index (χ0n) is 25.2. The summed E-state index contributed by atoms with van der Waals surface area (Å²) in [6, 6.07) is 25.2. The highest BCUT2D eigenvalue weighted by atomic mass is 79.9. The van der Waals surface area contributed by atoms with Crippen molar-refractivity contribution in [3.8, 4) is 22.9 Å². The predicted molar refractivity (Wildman–Crippen MR) is 180 cm³/mol. The van der Waals surface area contributed by atoms with Gasteiger partial charge in [-0.1, -0.05) is 11.6 Å². The third-order valence-electron chi connectivity index (χ3n) is 6.77. The van der Waals surface area contributed by atoms with Gasteiger partial charge in [-0.05, 0) is 115 Å². The van der Waals surface area contributed by atoms with E-state index in [0.29, 0.717) is 43.8 Å². The first-order valence-electron chi connectivity index (χ1n) is 14.1. The van der Waals surface area contributed by atoms with Crippen molar-refractivity contribution in [2.45, 2.75) is 20.5 Å². The third-order valence-corrected chi connectivity index (χ3v) is 7.71. The maximum Gasteiger partial charge on any atom is 0.307 e. The number of ether oxygens (including phenoxy) is 3. The first-order valence-corrected chi connectivity index (χ1v) is 15.2. The summed E-state index contributed by atoms with van der Waals surface area (Å²) in [6.07, 6.45) is 1.44. The van der Waals surface area contributed by atoms with E-state index < -0.39 is 5.91 Å². The molecule has 10 nitrogen and oxygen atoms in total. The van der Waals surface area contributed by atoms with Crippen molar-refractivity contribution >= 4 is 51.2 Å². The lowest BCUT2D eigenvalue weighted by atomic mass is 10.2. The van der Waals surface area contributed by atoms with Gasteiger partial charge in [0.05, 0.1) is 13.3 Å². The van der Waals surface area contributed by atoms with Crippen molar-refractivity contribution < 1.29 is 28.2 Å². The molecule has 3 aromatic carbocycles. The summed E-state index contributed by atoms with van der Waals surface area (Å²) < 4.78 is 25.3. The number of amides is 2. The maximum atomic E-state index is 12.6. The molecule has 0 aliphatic carbocycles. The molecule has 5 rings (SSSR count). The molecule has 0 saturated heterocycles. The number of carbonyl (C=O) groups is 2. The lowest BCUT2D eigenvalue weighted by molar-refractivity contribution is -0.118. The van der Waals surface area contributed by atoms with Crippen LogP contribution in [0.3, 0.4) is 0 Å². The molecule has 0 radical (unpaired) electrons. The summed E-state index contributed by atoms with van der Waals surface area (Å²) in [5, 5.41) is 7.34. The highest BCUT2D eigenvalue weighted by Crippen LogP contribution is 2.33. The number of hydrogen-bond acceptors (Lipinski definition) is 7. The van der Waals surface area contributed by atoms with Crippen LogP contribution >= 0.6 is 27.5 Å². The number of aromatic nitrogens is 1. The number of nitrogens with zero attached hydrogens (tertiary/aromatic N) is 2. The van der Waals surface area contributed by atoms with Gasteiger partial charge in [0.25, 0.3) is 5.91 Å². The van der Waals surface area contributed by atoms with E-state index in [9.17, 15) is 9.59 Å². The van der Waals surface area contributed by atoms with E-state index in [1.165, 1.54) is 13.3 Å². The number of methoxy groups -OCH3 is 1.